The number of nitrogens with one attached hydrogen (secondary N) is 1. The number of anilines is 1. The van der Waals surface area contributed by atoms with Crippen LogP contribution < -0.4 is 5.32 Å². The highest BCUT2D eigenvalue weighted by Crippen LogP contribution is 2.51. The molecule has 2 unspecified atom stereocenters. The fraction of sp³-hybridized carbons (Fsp3) is 0.250. The Balaban J connectivity index is 1.70. The van der Waals surface area contributed by atoms with Gasteiger partial charge in [0.15, 0.2) is 0 Å². The van der Waals surface area contributed by atoms with Crippen LogP contribution in [-0.2, 0) is 4.79 Å². The van der Waals surface area contributed by atoms with Gasteiger partial charge in [0.2, 0.25) is 5.91 Å². The number of aryl methyl sites for hydroxylation is 1. The van der Waals surface area contributed by atoms with Gasteiger partial charge in [0.25, 0.3) is 0 Å². The fourth-order valence-corrected chi connectivity index (χ4v) is 2.91. The lowest BCUT2D eigenvalue weighted by atomic mass is 10.1. The maximum Gasteiger partial charge on any atom is 0.229 e. The van der Waals surface area contributed by atoms with Crippen molar-refractivity contribution in [1.29, 1.82) is 0 Å². The molecule has 0 bridgehead atoms. The van der Waals surface area contributed by atoms with E-state index in [2.05, 4.69) is 10.3 Å². The van der Waals surface area contributed by atoms with Gasteiger partial charge in [-0.2, -0.15) is 0 Å². The summed E-state index contributed by atoms with van der Waals surface area (Å²) in [6, 6.07) is 11.1. The van der Waals surface area contributed by atoms with Crippen molar-refractivity contribution in [1.82, 2.24) is 4.98 Å². The predicted molar refractivity (Wildman–Crippen MR) is 84.9 cm³/mol. The minimum absolute atomic E-state index is 0.0193. The number of aromatic nitrogens is 1. The first-order valence-corrected chi connectivity index (χ1v) is 7.50. The summed E-state index contributed by atoms with van der Waals surface area (Å²) < 4.78 is 0. The Morgan fingerprint density at radius 2 is 2.00 bits per heavy atom. The molecule has 3 rings (SSSR count). The minimum Gasteiger partial charge on any atom is -0.310 e. The standard InChI is InChI=1S/C16H14Cl2N2O/c1-9-4-2-7-14(19-9)20-16(21)12-8-11(12)10-5-3-6-13(17)15(10)18/h2-7,11-12H,8H2,1H3,(H,19,20,21). The quantitative estimate of drug-likeness (QED) is 0.908. The number of benzene rings is 1. The molecule has 1 aromatic heterocycles. The van der Waals surface area contributed by atoms with Gasteiger partial charge in [0.1, 0.15) is 5.82 Å². The van der Waals surface area contributed by atoms with E-state index < -0.39 is 0 Å². The van der Waals surface area contributed by atoms with E-state index in [1.54, 1.807) is 12.1 Å². The molecule has 0 saturated heterocycles. The lowest BCUT2D eigenvalue weighted by Gasteiger charge is -2.06. The Bertz CT molecular complexity index is 702. The van der Waals surface area contributed by atoms with Crippen molar-refractivity contribution >= 4 is 34.9 Å². The third kappa shape index (κ3) is 3.04. The van der Waals surface area contributed by atoms with Crippen molar-refractivity contribution in [3.05, 3.63) is 57.7 Å². The molecule has 5 heteroatoms. The van der Waals surface area contributed by atoms with E-state index in [-0.39, 0.29) is 17.7 Å². The second kappa shape index (κ2) is 5.66. The van der Waals surface area contributed by atoms with Crippen molar-refractivity contribution in [2.75, 3.05) is 5.32 Å². The van der Waals surface area contributed by atoms with Crippen LogP contribution in [0.1, 0.15) is 23.6 Å². The molecule has 0 spiro atoms. The van der Waals surface area contributed by atoms with Crippen LogP contribution in [-0.4, -0.2) is 10.9 Å². The van der Waals surface area contributed by atoms with Gasteiger partial charge < -0.3 is 5.32 Å². The second-order valence-electron chi connectivity index (χ2n) is 5.25. The van der Waals surface area contributed by atoms with Crippen LogP contribution in [0.5, 0.6) is 0 Å². The third-order valence-electron chi connectivity index (χ3n) is 3.65. The SMILES string of the molecule is Cc1cccc(NC(=O)C2CC2c2cccc(Cl)c2Cl)n1. The molecule has 1 fully saturated rings. The van der Waals surface area contributed by atoms with Crippen LogP contribution in [0.2, 0.25) is 10.0 Å². The van der Waals surface area contributed by atoms with E-state index in [9.17, 15) is 4.79 Å². The Hall–Kier alpha value is -1.58. The Morgan fingerprint density at radius 1 is 1.24 bits per heavy atom. The molecule has 3 nitrogen and oxygen atoms in total. The van der Waals surface area contributed by atoms with Crippen molar-refractivity contribution in [3.8, 4) is 0 Å². The number of hydrogen-bond acceptors (Lipinski definition) is 2. The van der Waals surface area contributed by atoms with Crippen LogP contribution in [0, 0.1) is 12.8 Å². The summed E-state index contributed by atoms with van der Waals surface area (Å²) in [6.07, 6.45) is 0.789. The van der Waals surface area contributed by atoms with E-state index in [0.717, 1.165) is 17.7 Å². The average molecular weight is 321 g/mol. The summed E-state index contributed by atoms with van der Waals surface area (Å²) in [7, 11) is 0. The molecular weight excluding hydrogens is 307 g/mol. The summed E-state index contributed by atoms with van der Waals surface area (Å²) >= 11 is 12.2. The van der Waals surface area contributed by atoms with E-state index in [4.69, 9.17) is 23.2 Å². The lowest BCUT2D eigenvalue weighted by molar-refractivity contribution is -0.117. The molecular formula is C16H14Cl2N2O. The zero-order valence-electron chi connectivity index (χ0n) is 11.4. The molecule has 1 amide bonds. The molecule has 2 atom stereocenters. The number of nitrogens with zero attached hydrogens (tertiary/aromatic N) is 1. The minimum atomic E-state index is -0.0664. The summed E-state index contributed by atoms with van der Waals surface area (Å²) in [5.74, 6) is 0.640. The topological polar surface area (TPSA) is 42.0 Å². The number of halogens is 2. The van der Waals surface area contributed by atoms with E-state index in [0.29, 0.717) is 15.9 Å². The van der Waals surface area contributed by atoms with Crippen molar-refractivity contribution < 1.29 is 4.79 Å². The van der Waals surface area contributed by atoms with Gasteiger partial charge in [-0.15, -0.1) is 0 Å². The van der Waals surface area contributed by atoms with Gasteiger partial charge in [0.05, 0.1) is 10.0 Å². The second-order valence-corrected chi connectivity index (χ2v) is 6.03. The number of carbonyl (C=O) groups excluding carboxylic acids is 1. The Morgan fingerprint density at radius 3 is 2.76 bits per heavy atom. The van der Waals surface area contributed by atoms with Gasteiger partial charge in [-0.05, 0) is 43.0 Å². The first kappa shape index (κ1) is 14.4. The van der Waals surface area contributed by atoms with Gasteiger partial charge in [-0.3, -0.25) is 4.79 Å². The molecule has 2 aromatic rings. The average Bonchev–Trinajstić information content (AvgIpc) is 3.22. The fourth-order valence-electron chi connectivity index (χ4n) is 2.47. The zero-order chi connectivity index (χ0) is 15.0. The third-order valence-corrected chi connectivity index (χ3v) is 4.48. The van der Waals surface area contributed by atoms with Crippen molar-refractivity contribution in [2.24, 2.45) is 5.92 Å². The molecule has 1 aliphatic rings. The molecule has 1 heterocycles. The Kier molecular flexibility index (Phi) is 3.87. The first-order chi connectivity index (χ1) is 10.1. The van der Waals surface area contributed by atoms with Gasteiger partial charge >= 0.3 is 0 Å². The summed E-state index contributed by atoms with van der Waals surface area (Å²) in [6.45, 7) is 1.89. The number of amides is 1. The maximum absolute atomic E-state index is 12.2. The van der Waals surface area contributed by atoms with E-state index in [1.165, 1.54) is 0 Å². The zero-order valence-corrected chi connectivity index (χ0v) is 12.9. The summed E-state index contributed by atoms with van der Waals surface area (Å²) in [5, 5.41) is 3.93. The summed E-state index contributed by atoms with van der Waals surface area (Å²) in [5.41, 5.74) is 1.82. The highest BCUT2D eigenvalue weighted by molar-refractivity contribution is 6.42. The first-order valence-electron chi connectivity index (χ1n) is 6.74. The van der Waals surface area contributed by atoms with Gasteiger partial charge in [0, 0.05) is 11.6 Å². The smallest absolute Gasteiger partial charge is 0.229 e. The molecule has 21 heavy (non-hydrogen) atoms. The van der Waals surface area contributed by atoms with Crippen LogP contribution in [0.15, 0.2) is 36.4 Å². The van der Waals surface area contributed by atoms with Crippen LogP contribution in [0.3, 0.4) is 0 Å². The molecule has 0 radical (unpaired) electrons. The van der Waals surface area contributed by atoms with Crippen LogP contribution in [0.25, 0.3) is 0 Å². The van der Waals surface area contributed by atoms with Crippen molar-refractivity contribution in [2.45, 2.75) is 19.3 Å². The van der Waals surface area contributed by atoms with Crippen molar-refractivity contribution in [3.63, 3.8) is 0 Å². The normalized spacial score (nSPS) is 20.1. The van der Waals surface area contributed by atoms with Crippen LogP contribution in [0.4, 0.5) is 5.82 Å². The number of hydrogen-bond donors (Lipinski definition) is 1. The largest absolute Gasteiger partial charge is 0.310 e. The highest BCUT2D eigenvalue weighted by Gasteiger charge is 2.45. The predicted octanol–water partition coefficient (Wildman–Crippen LogP) is 4.44. The van der Waals surface area contributed by atoms with Gasteiger partial charge in [-0.1, -0.05) is 41.4 Å². The van der Waals surface area contributed by atoms with Crippen LogP contribution >= 0.6 is 23.2 Å². The molecule has 1 N–H and O–H groups in total. The molecule has 1 aromatic carbocycles. The highest BCUT2D eigenvalue weighted by atomic mass is 35.5. The number of pyridine rings is 1. The van der Waals surface area contributed by atoms with E-state index >= 15 is 0 Å². The monoisotopic (exact) mass is 320 g/mol. The van der Waals surface area contributed by atoms with E-state index in [1.807, 2.05) is 31.2 Å². The summed E-state index contributed by atoms with van der Waals surface area (Å²) in [4.78, 5) is 16.5. The van der Waals surface area contributed by atoms with Gasteiger partial charge in [-0.25, -0.2) is 4.98 Å². The molecule has 108 valence electrons. The Labute approximate surface area is 133 Å². The molecule has 0 aliphatic heterocycles. The maximum atomic E-state index is 12.2. The molecule has 1 aliphatic carbocycles. The number of rotatable bonds is 3. The lowest BCUT2D eigenvalue weighted by Crippen LogP contribution is -2.15. The molecule has 1 saturated carbocycles. The number of carbonyl (C=O) groups is 1.